The van der Waals surface area contributed by atoms with Crippen LogP contribution in [0.3, 0.4) is 0 Å². The fraction of sp³-hybridized carbons (Fsp3) is 0.409. The molecule has 2 aliphatic heterocycles. The number of nitrogens with zero attached hydrogens (tertiary/aromatic N) is 5. The minimum atomic E-state index is -0.0941. The van der Waals surface area contributed by atoms with E-state index in [1.807, 2.05) is 35.2 Å². The fourth-order valence-corrected chi connectivity index (χ4v) is 4.20. The van der Waals surface area contributed by atoms with Crippen molar-refractivity contribution in [2.75, 3.05) is 56.2 Å². The van der Waals surface area contributed by atoms with Crippen molar-refractivity contribution < 1.29 is 13.9 Å². The van der Waals surface area contributed by atoms with Crippen molar-refractivity contribution >= 4 is 28.5 Å². The molecule has 2 saturated heterocycles. The second kappa shape index (κ2) is 7.85. The molecular formula is C22H25N5O3. The Balaban J connectivity index is 1.24. The zero-order valence-electron chi connectivity index (χ0n) is 17.1. The van der Waals surface area contributed by atoms with Gasteiger partial charge in [-0.05, 0) is 37.1 Å². The molecule has 0 N–H and O–H groups in total. The fourth-order valence-electron chi connectivity index (χ4n) is 4.20. The first kappa shape index (κ1) is 18.7. The Bertz CT molecular complexity index is 1030. The van der Waals surface area contributed by atoms with E-state index in [2.05, 4.69) is 20.0 Å². The van der Waals surface area contributed by atoms with Crippen molar-refractivity contribution in [3.63, 3.8) is 0 Å². The predicted molar refractivity (Wildman–Crippen MR) is 114 cm³/mol. The van der Waals surface area contributed by atoms with Gasteiger partial charge in [0.1, 0.15) is 0 Å². The second-order valence-corrected chi connectivity index (χ2v) is 7.71. The Morgan fingerprint density at radius 1 is 0.933 bits per heavy atom. The van der Waals surface area contributed by atoms with E-state index in [0.29, 0.717) is 43.3 Å². The number of para-hydroxylation sites is 1. The molecule has 8 heteroatoms. The zero-order valence-corrected chi connectivity index (χ0v) is 17.1. The van der Waals surface area contributed by atoms with Crippen LogP contribution in [0.5, 0.6) is 5.75 Å². The molecule has 5 rings (SSSR count). The smallest absolute Gasteiger partial charge is 0.289 e. The molecule has 1 amide bonds. The Labute approximate surface area is 175 Å². The van der Waals surface area contributed by atoms with E-state index in [1.54, 1.807) is 13.2 Å². The largest absolute Gasteiger partial charge is 0.493 e. The Morgan fingerprint density at radius 2 is 1.60 bits per heavy atom. The molecule has 0 saturated carbocycles. The molecule has 30 heavy (non-hydrogen) atoms. The lowest BCUT2D eigenvalue weighted by Crippen LogP contribution is -2.49. The van der Waals surface area contributed by atoms with E-state index in [4.69, 9.17) is 9.15 Å². The van der Waals surface area contributed by atoms with Gasteiger partial charge in [0.05, 0.1) is 7.11 Å². The van der Waals surface area contributed by atoms with Gasteiger partial charge in [-0.3, -0.25) is 4.79 Å². The Morgan fingerprint density at radius 3 is 2.23 bits per heavy atom. The van der Waals surface area contributed by atoms with Crippen LogP contribution in [0.2, 0.25) is 0 Å². The van der Waals surface area contributed by atoms with Gasteiger partial charge in [0.25, 0.3) is 5.91 Å². The maximum atomic E-state index is 12.9. The van der Waals surface area contributed by atoms with Crippen LogP contribution in [0.25, 0.3) is 11.0 Å². The van der Waals surface area contributed by atoms with Gasteiger partial charge in [-0.1, -0.05) is 12.1 Å². The lowest BCUT2D eigenvalue weighted by Gasteiger charge is -2.34. The van der Waals surface area contributed by atoms with E-state index >= 15 is 0 Å². The molecule has 2 aromatic heterocycles. The molecule has 0 bridgehead atoms. The summed E-state index contributed by atoms with van der Waals surface area (Å²) in [6.07, 6.45) is 2.44. The summed E-state index contributed by atoms with van der Waals surface area (Å²) in [4.78, 5) is 19.2. The normalized spacial score (nSPS) is 17.0. The van der Waals surface area contributed by atoms with Crippen LogP contribution < -0.4 is 14.5 Å². The molecule has 2 aliphatic rings. The van der Waals surface area contributed by atoms with E-state index < -0.39 is 0 Å². The molecule has 4 heterocycles. The Kier molecular flexibility index (Phi) is 4.90. The molecule has 8 nitrogen and oxygen atoms in total. The molecule has 0 unspecified atom stereocenters. The molecule has 156 valence electrons. The van der Waals surface area contributed by atoms with Crippen LogP contribution in [0.4, 0.5) is 11.6 Å². The lowest BCUT2D eigenvalue weighted by molar-refractivity contribution is 0.0716. The van der Waals surface area contributed by atoms with Gasteiger partial charge in [0.15, 0.2) is 28.7 Å². The molecule has 1 aromatic carbocycles. The first-order valence-electron chi connectivity index (χ1n) is 10.4. The monoisotopic (exact) mass is 407 g/mol. The van der Waals surface area contributed by atoms with Gasteiger partial charge < -0.3 is 23.9 Å². The van der Waals surface area contributed by atoms with E-state index in [0.717, 1.165) is 30.1 Å². The Hall–Kier alpha value is -3.29. The van der Waals surface area contributed by atoms with Crippen molar-refractivity contribution in [3.05, 3.63) is 42.2 Å². The number of hydrogen-bond acceptors (Lipinski definition) is 7. The van der Waals surface area contributed by atoms with Gasteiger partial charge in [0.2, 0.25) is 0 Å². The number of anilines is 2. The second-order valence-electron chi connectivity index (χ2n) is 7.71. The average Bonchev–Trinajstić information content (AvgIpc) is 3.49. The number of rotatable bonds is 4. The first-order chi connectivity index (χ1) is 14.7. The van der Waals surface area contributed by atoms with E-state index in [-0.39, 0.29) is 5.91 Å². The number of benzene rings is 1. The molecule has 0 atom stereocenters. The first-order valence-corrected chi connectivity index (χ1v) is 10.4. The topological polar surface area (TPSA) is 74.9 Å². The number of furan rings is 1. The molecule has 2 fully saturated rings. The molecule has 3 aromatic rings. The van der Waals surface area contributed by atoms with Crippen molar-refractivity contribution in [1.29, 1.82) is 0 Å². The highest BCUT2D eigenvalue weighted by Crippen LogP contribution is 2.29. The number of ether oxygens (including phenoxy) is 1. The summed E-state index contributed by atoms with van der Waals surface area (Å²) >= 11 is 0. The minimum absolute atomic E-state index is 0.0941. The summed E-state index contributed by atoms with van der Waals surface area (Å²) in [5, 5.41) is 9.69. The van der Waals surface area contributed by atoms with Gasteiger partial charge in [-0.15, -0.1) is 10.2 Å². The molecular weight excluding hydrogens is 382 g/mol. The standard InChI is InChI=1S/C22H25N5O3/c1-29-17-6-4-5-16-15-18(30-21(16)17)22(28)27-13-11-26(12-14-27)20-8-7-19(23-24-20)25-9-2-3-10-25/h4-8,15H,2-3,9-14H2,1H3. The van der Waals surface area contributed by atoms with Crippen LogP contribution in [-0.4, -0.2) is 67.4 Å². The highest BCUT2D eigenvalue weighted by molar-refractivity contribution is 5.97. The molecule has 0 radical (unpaired) electrons. The van der Waals surface area contributed by atoms with Gasteiger partial charge >= 0.3 is 0 Å². The van der Waals surface area contributed by atoms with Crippen molar-refractivity contribution in [3.8, 4) is 5.75 Å². The SMILES string of the molecule is COc1cccc2cc(C(=O)N3CCN(c4ccc(N5CCCC5)nn4)CC3)oc12. The number of aromatic nitrogens is 2. The summed E-state index contributed by atoms with van der Waals surface area (Å²) in [5.41, 5.74) is 0.607. The third kappa shape index (κ3) is 3.42. The highest BCUT2D eigenvalue weighted by Gasteiger charge is 2.26. The number of amides is 1. The summed E-state index contributed by atoms with van der Waals surface area (Å²) in [6.45, 7) is 4.77. The minimum Gasteiger partial charge on any atom is -0.493 e. The van der Waals surface area contributed by atoms with Gasteiger partial charge in [-0.25, -0.2) is 0 Å². The number of carbonyl (C=O) groups is 1. The summed E-state index contributed by atoms with van der Waals surface area (Å²) < 4.78 is 11.2. The number of hydrogen-bond donors (Lipinski definition) is 0. The van der Waals surface area contributed by atoms with Crippen molar-refractivity contribution in [2.45, 2.75) is 12.8 Å². The average molecular weight is 407 g/mol. The lowest BCUT2D eigenvalue weighted by atomic mass is 10.2. The highest BCUT2D eigenvalue weighted by atomic mass is 16.5. The summed E-state index contributed by atoms with van der Waals surface area (Å²) in [7, 11) is 1.60. The zero-order chi connectivity index (χ0) is 20.5. The maximum Gasteiger partial charge on any atom is 0.289 e. The maximum absolute atomic E-state index is 12.9. The van der Waals surface area contributed by atoms with E-state index in [9.17, 15) is 4.79 Å². The van der Waals surface area contributed by atoms with Crippen LogP contribution in [0, 0.1) is 0 Å². The van der Waals surface area contributed by atoms with Crippen LogP contribution >= 0.6 is 0 Å². The third-order valence-electron chi connectivity index (χ3n) is 5.90. The van der Waals surface area contributed by atoms with Gasteiger partial charge in [0, 0.05) is 44.7 Å². The quantitative estimate of drug-likeness (QED) is 0.658. The van der Waals surface area contributed by atoms with E-state index in [1.165, 1.54) is 12.8 Å². The number of carbonyl (C=O) groups excluding carboxylic acids is 1. The molecule has 0 aliphatic carbocycles. The van der Waals surface area contributed by atoms with Gasteiger partial charge in [-0.2, -0.15) is 0 Å². The third-order valence-corrected chi connectivity index (χ3v) is 5.90. The number of methoxy groups -OCH3 is 1. The summed E-state index contributed by atoms with van der Waals surface area (Å²) in [6, 6.07) is 11.5. The summed E-state index contributed by atoms with van der Waals surface area (Å²) in [5.74, 6) is 2.69. The number of fused-ring (bicyclic) bond motifs is 1. The number of piperazine rings is 1. The van der Waals surface area contributed by atoms with Crippen LogP contribution in [0.1, 0.15) is 23.4 Å². The van der Waals surface area contributed by atoms with Crippen LogP contribution in [-0.2, 0) is 0 Å². The van der Waals surface area contributed by atoms with Crippen molar-refractivity contribution in [2.24, 2.45) is 0 Å². The predicted octanol–water partition coefficient (Wildman–Crippen LogP) is 2.79. The van der Waals surface area contributed by atoms with Crippen LogP contribution in [0.15, 0.2) is 40.8 Å². The van der Waals surface area contributed by atoms with Crippen molar-refractivity contribution in [1.82, 2.24) is 15.1 Å². The molecule has 0 spiro atoms.